The van der Waals surface area contributed by atoms with E-state index >= 15 is 0 Å². The summed E-state index contributed by atoms with van der Waals surface area (Å²) in [6, 6.07) is 23.0. The lowest BCUT2D eigenvalue weighted by Gasteiger charge is -2.11. The predicted octanol–water partition coefficient (Wildman–Crippen LogP) is 7.84. The number of aryl methyl sites for hydroxylation is 2. The van der Waals surface area contributed by atoms with Crippen molar-refractivity contribution in [1.82, 2.24) is 0 Å². The van der Waals surface area contributed by atoms with Crippen molar-refractivity contribution in [3.05, 3.63) is 82.9 Å². The van der Waals surface area contributed by atoms with Crippen molar-refractivity contribution < 1.29 is 0 Å². The molecule has 28 heavy (non-hydrogen) atoms. The normalized spacial score (nSPS) is 20.2. The van der Waals surface area contributed by atoms with Gasteiger partial charge in [0.25, 0.3) is 0 Å². The summed E-state index contributed by atoms with van der Waals surface area (Å²) in [5, 5.41) is 0. The van der Waals surface area contributed by atoms with Crippen LogP contribution in [0.3, 0.4) is 0 Å². The fourth-order valence-electron chi connectivity index (χ4n) is 3.59. The van der Waals surface area contributed by atoms with Crippen LogP contribution in [0.5, 0.6) is 0 Å². The molecule has 3 aromatic carbocycles. The number of fused-ring (bicyclic) bond motifs is 2. The van der Waals surface area contributed by atoms with Crippen LogP contribution in [0.15, 0.2) is 80.2 Å². The fourth-order valence-corrected chi connectivity index (χ4v) is 9.55. The second kappa shape index (κ2) is 8.06. The minimum Gasteiger partial charge on any atom is -0.110 e. The van der Waals surface area contributed by atoms with Crippen LogP contribution < -0.4 is 0 Å². The zero-order chi connectivity index (χ0) is 19.1. The molecule has 0 amide bonds. The summed E-state index contributed by atoms with van der Waals surface area (Å²) in [4.78, 5) is 5.80. The topological polar surface area (TPSA) is 0 Å². The van der Waals surface area contributed by atoms with Crippen molar-refractivity contribution in [2.45, 2.75) is 55.4 Å². The molecular weight excluding hydrogens is 417 g/mol. The first-order chi connectivity index (χ1) is 13.6. The second-order valence-electron chi connectivity index (χ2n) is 7.46. The first-order valence-corrected chi connectivity index (χ1v) is 13.1. The van der Waals surface area contributed by atoms with Gasteiger partial charge in [-0.25, -0.2) is 0 Å². The van der Waals surface area contributed by atoms with Crippen molar-refractivity contribution in [1.29, 1.82) is 0 Å². The Morgan fingerprint density at radius 1 is 0.536 bits per heavy atom. The molecule has 142 valence electrons. The second-order valence-corrected chi connectivity index (χ2v) is 13.0. The number of rotatable bonds is 4. The maximum atomic E-state index is 2.34. The number of hydrogen-bond acceptors (Lipinski definition) is 4. The minimum absolute atomic E-state index is 0.598. The monoisotopic (exact) mass is 438 g/mol. The average Bonchev–Trinajstić information content (AvgIpc) is 3.25. The number of benzene rings is 3. The van der Waals surface area contributed by atoms with Gasteiger partial charge in [0.1, 0.15) is 0 Å². The molecule has 3 aromatic rings. The van der Waals surface area contributed by atoms with Crippen LogP contribution in [0.4, 0.5) is 0 Å². The molecule has 0 aliphatic carbocycles. The lowest BCUT2D eigenvalue weighted by molar-refractivity contribution is 1.08. The average molecular weight is 439 g/mol. The van der Waals surface area contributed by atoms with Crippen LogP contribution in [0.1, 0.15) is 22.3 Å². The molecule has 4 heteroatoms. The predicted molar refractivity (Wildman–Crippen MR) is 127 cm³/mol. The Balaban J connectivity index is 1.19. The van der Waals surface area contributed by atoms with Crippen LogP contribution in [0.2, 0.25) is 0 Å². The van der Waals surface area contributed by atoms with Gasteiger partial charge < -0.3 is 0 Å². The quantitative estimate of drug-likeness (QED) is 0.407. The Morgan fingerprint density at radius 2 is 0.929 bits per heavy atom. The highest BCUT2D eigenvalue weighted by molar-refractivity contribution is 8.20. The van der Waals surface area contributed by atoms with Gasteiger partial charge in [-0.1, -0.05) is 36.4 Å². The third-order valence-corrected chi connectivity index (χ3v) is 10.6. The molecule has 2 aliphatic rings. The van der Waals surface area contributed by atoms with E-state index in [-0.39, 0.29) is 0 Å². The standard InChI is InChI=1S/C24H22S4/c1-15-3-9-19-21(11-15)27-23(25-19)13-17-5-7-18(8-6-17)14-24-26-20-10-4-16(2)12-22(20)28-24/h3-12,23-24H,13-14H2,1-2H3. The smallest absolute Gasteiger partial charge is 0.0637 e. The van der Waals surface area contributed by atoms with E-state index in [1.54, 1.807) is 0 Å². The Labute approximate surface area is 184 Å². The molecule has 2 atom stereocenters. The van der Waals surface area contributed by atoms with Gasteiger partial charge in [0, 0.05) is 19.6 Å². The molecule has 2 aliphatic heterocycles. The SMILES string of the molecule is Cc1ccc2c(c1)SC(Cc1ccc(CC3Sc4ccc(C)cc4S3)cc1)S2. The van der Waals surface area contributed by atoms with E-state index < -0.39 is 0 Å². The molecule has 5 rings (SSSR count). The summed E-state index contributed by atoms with van der Waals surface area (Å²) in [5.74, 6) is 0. The van der Waals surface area contributed by atoms with Crippen LogP contribution in [-0.4, -0.2) is 9.16 Å². The van der Waals surface area contributed by atoms with E-state index in [0.29, 0.717) is 9.16 Å². The molecule has 0 saturated carbocycles. The summed E-state index contributed by atoms with van der Waals surface area (Å²) >= 11 is 8.09. The molecule has 0 saturated heterocycles. The van der Waals surface area contributed by atoms with Gasteiger partial charge in [0.2, 0.25) is 0 Å². The summed E-state index contributed by atoms with van der Waals surface area (Å²) in [6.45, 7) is 4.36. The van der Waals surface area contributed by atoms with Gasteiger partial charge in [-0.2, -0.15) is 0 Å². The number of hydrogen-bond donors (Lipinski definition) is 0. The van der Waals surface area contributed by atoms with Crippen molar-refractivity contribution in [3.63, 3.8) is 0 Å². The highest BCUT2D eigenvalue weighted by Gasteiger charge is 2.24. The molecule has 2 unspecified atom stereocenters. The maximum absolute atomic E-state index is 2.34. The molecule has 2 heterocycles. The third-order valence-electron chi connectivity index (χ3n) is 5.06. The van der Waals surface area contributed by atoms with Gasteiger partial charge >= 0.3 is 0 Å². The van der Waals surface area contributed by atoms with Crippen molar-refractivity contribution in [2.75, 3.05) is 0 Å². The highest BCUT2D eigenvalue weighted by Crippen LogP contribution is 2.50. The Morgan fingerprint density at radius 3 is 1.36 bits per heavy atom. The summed E-state index contributed by atoms with van der Waals surface area (Å²) in [7, 11) is 0. The summed E-state index contributed by atoms with van der Waals surface area (Å²) < 4.78 is 1.20. The van der Waals surface area contributed by atoms with Crippen molar-refractivity contribution >= 4 is 47.0 Å². The molecule has 0 aromatic heterocycles. The van der Waals surface area contributed by atoms with Gasteiger partial charge in [-0.05, 0) is 73.2 Å². The maximum Gasteiger partial charge on any atom is 0.0637 e. The van der Waals surface area contributed by atoms with Gasteiger partial charge in [-0.3, -0.25) is 0 Å². The lowest BCUT2D eigenvalue weighted by Crippen LogP contribution is -2.00. The van der Waals surface area contributed by atoms with Crippen LogP contribution in [-0.2, 0) is 12.8 Å². The van der Waals surface area contributed by atoms with Gasteiger partial charge in [-0.15, -0.1) is 47.0 Å². The van der Waals surface area contributed by atoms with Gasteiger partial charge in [0.05, 0.1) is 9.16 Å². The van der Waals surface area contributed by atoms with Crippen LogP contribution in [0, 0.1) is 13.8 Å². The van der Waals surface area contributed by atoms with E-state index in [0.717, 1.165) is 12.8 Å². The van der Waals surface area contributed by atoms with Crippen LogP contribution >= 0.6 is 47.0 Å². The summed E-state index contributed by atoms with van der Waals surface area (Å²) in [5.41, 5.74) is 5.61. The van der Waals surface area contributed by atoms with E-state index in [9.17, 15) is 0 Å². The molecule has 0 fully saturated rings. The van der Waals surface area contributed by atoms with Gasteiger partial charge in [0.15, 0.2) is 0 Å². The number of thioether (sulfide) groups is 4. The van der Waals surface area contributed by atoms with E-state index in [1.165, 1.54) is 41.8 Å². The third kappa shape index (κ3) is 4.16. The van der Waals surface area contributed by atoms with Crippen molar-refractivity contribution in [2.24, 2.45) is 0 Å². The molecule has 0 spiro atoms. The zero-order valence-electron chi connectivity index (χ0n) is 16.0. The molecule has 0 N–H and O–H groups in total. The molecule has 0 nitrogen and oxygen atoms in total. The Bertz CT molecular complexity index is 927. The van der Waals surface area contributed by atoms with Crippen molar-refractivity contribution in [3.8, 4) is 0 Å². The first kappa shape index (κ1) is 19.0. The first-order valence-electron chi connectivity index (χ1n) is 9.58. The minimum atomic E-state index is 0.598. The van der Waals surface area contributed by atoms with E-state index in [1.807, 2.05) is 47.0 Å². The Kier molecular flexibility index (Phi) is 5.48. The Hall–Kier alpha value is -0.940. The molecule has 0 bridgehead atoms. The van der Waals surface area contributed by atoms with Crippen LogP contribution in [0.25, 0.3) is 0 Å². The lowest BCUT2D eigenvalue weighted by atomic mass is 10.1. The van der Waals surface area contributed by atoms with E-state index in [4.69, 9.17) is 0 Å². The summed E-state index contributed by atoms with van der Waals surface area (Å²) in [6.07, 6.45) is 2.25. The largest absolute Gasteiger partial charge is 0.110 e. The zero-order valence-corrected chi connectivity index (χ0v) is 19.2. The highest BCUT2D eigenvalue weighted by atomic mass is 32.2. The van der Waals surface area contributed by atoms with E-state index in [2.05, 4.69) is 74.5 Å². The molecule has 0 radical (unpaired) electrons. The molecular formula is C24H22S4. The fraction of sp³-hybridized carbons (Fsp3) is 0.250.